The number of carbonyl (C=O) groups is 1. The van der Waals surface area contributed by atoms with Crippen LogP contribution in [0.2, 0.25) is 0 Å². The molecule has 7 nitrogen and oxygen atoms in total. The molecule has 0 aliphatic carbocycles. The van der Waals surface area contributed by atoms with E-state index in [0.717, 1.165) is 12.8 Å². The molecule has 24 heavy (non-hydrogen) atoms. The number of hydrogen-bond donors (Lipinski definition) is 1. The lowest BCUT2D eigenvalue weighted by molar-refractivity contribution is -0.131. The Morgan fingerprint density at radius 1 is 1.25 bits per heavy atom. The van der Waals surface area contributed by atoms with E-state index in [-0.39, 0.29) is 29.0 Å². The summed E-state index contributed by atoms with van der Waals surface area (Å²) in [7, 11) is -3.56. The summed E-state index contributed by atoms with van der Waals surface area (Å²) in [5.74, 6) is 0.596. The molecule has 1 aromatic carbocycles. The lowest BCUT2D eigenvalue weighted by Gasteiger charge is -2.23. The van der Waals surface area contributed by atoms with E-state index in [1.807, 2.05) is 0 Å². The minimum absolute atomic E-state index is 0.0344. The van der Waals surface area contributed by atoms with Crippen molar-refractivity contribution in [3.05, 3.63) is 18.2 Å². The highest BCUT2D eigenvalue weighted by Gasteiger charge is 2.28. The van der Waals surface area contributed by atoms with Gasteiger partial charge in [0.15, 0.2) is 21.3 Å². The van der Waals surface area contributed by atoms with E-state index in [4.69, 9.17) is 15.2 Å². The van der Waals surface area contributed by atoms with Gasteiger partial charge >= 0.3 is 0 Å². The van der Waals surface area contributed by atoms with Crippen molar-refractivity contribution >= 4 is 15.7 Å². The van der Waals surface area contributed by atoms with Crippen LogP contribution in [0.3, 0.4) is 0 Å². The fourth-order valence-electron chi connectivity index (χ4n) is 3.11. The van der Waals surface area contributed by atoms with E-state index in [1.54, 1.807) is 11.0 Å². The molecular weight excluding hydrogens is 332 g/mol. The van der Waals surface area contributed by atoms with Crippen LogP contribution in [-0.2, 0) is 14.6 Å². The van der Waals surface area contributed by atoms with Crippen LogP contribution in [0.25, 0.3) is 0 Å². The second kappa shape index (κ2) is 6.98. The van der Waals surface area contributed by atoms with Crippen LogP contribution in [0.15, 0.2) is 23.1 Å². The topological polar surface area (TPSA) is 98.9 Å². The highest BCUT2D eigenvalue weighted by molar-refractivity contribution is 7.91. The Morgan fingerprint density at radius 2 is 2.00 bits per heavy atom. The van der Waals surface area contributed by atoms with Gasteiger partial charge in [0.05, 0.1) is 10.6 Å². The van der Waals surface area contributed by atoms with Crippen molar-refractivity contribution < 1.29 is 22.7 Å². The maximum absolute atomic E-state index is 12.5. The molecule has 1 aromatic rings. The Labute approximate surface area is 141 Å². The van der Waals surface area contributed by atoms with Gasteiger partial charge in [-0.3, -0.25) is 4.79 Å². The van der Waals surface area contributed by atoms with Crippen molar-refractivity contribution in [2.45, 2.75) is 30.2 Å². The summed E-state index contributed by atoms with van der Waals surface area (Å²) in [6.45, 7) is 1.92. The molecule has 2 aliphatic rings. The van der Waals surface area contributed by atoms with Gasteiger partial charge in [0.1, 0.15) is 13.2 Å². The van der Waals surface area contributed by atoms with Crippen molar-refractivity contribution in [3.63, 3.8) is 0 Å². The van der Waals surface area contributed by atoms with Gasteiger partial charge in [-0.1, -0.05) is 0 Å². The predicted octanol–water partition coefficient (Wildman–Crippen LogP) is 0.571. The largest absolute Gasteiger partial charge is 0.486 e. The fraction of sp³-hybridized carbons (Fsp3) is 0.562. The highest BCUT2D eigenvalue weighted by atomic mass is 32.2. The van der Waals surface area contributed by atoms with Crippen LogP contribution in [0.5, 0.6) is 11.5 Å². The summed E-state index contributed by atoms with van der Waals surface area (Å²) >= 11 is 0. The molecular formula is C16H22N2O5S. The zero-order valence-corrected chi connectivity index (χ0v) is 14.3. The van der Waals surface area contributed by atoms with Crippen molar-refractivity contribution in [3.8, 4) is 11.5 Å². The third-order valence-corrected chi connectivity index (χ3v) is 6.14. The van der Waals surface area contributed by atoms with E-state index in [2.05, 4.69) is 0 Å². The molecule has 1 atom stereocenters. The van der Waals surface area contributed by atoms with E-state index < -0.39 is 9.84 Å². The molecule has 0 radical (unpaired) electrons. The number of rotatable bonds is 5. The molecule has 132 valence electrons. The summed E-state index contributed by atoms with van der Waals surface area (Å²) in [6.07, 6.45) is 1.77. The van der Waals surface area contributed by atoms with Gasteiger partial charge in [0.2, 0.25) is 5.91 Å². The number of ether oxygens (including phenoxy) is 2. The number of nitrogens with zero attached hydrogens (tertiary/aromatic N) is 1. The summed E-state index contributed by atoms with van der Waals surface area (Å²) in [5, 5.41) is 0. The first-order valence-electron chi connectivity index (χ1n) is 8.13. The standard InChI is InChI=1S/C16H22N2O5S/c17-11-12-2-1-6-18(12)16(19)5-9-24(20,21)13-3-4-14-15(10-13)23-8-7-22-14/h3-4,10,12H,1-2,5-9,11,17H2. The predicted molar refractivity (Wildman–Crippen MR) is 87.9 cm³/mol. The van der Waals surface area contributed by atoms with Crippen molar-refractivity contribution in [2.24, 2.45) is 5.73 Å². The molecule has 0 spiro atoms. The molecule has 2 N–H and O–H groups in total. The average Bonchev–Trinajstić information content (AvgIpc) is 3.08. The summed E-state index contributed by atoms with van der Waals surface area (Å²) < 4.78 is 35.8. The SMILES string of the molecule is NCC1CCCN1C(=O)CCS(=O)(=O)c1ccc2c(c1)OCCO2. The first kappa shape index (κ1) is 17.0. The number of nitrogens with two attached hydrogens (primary N) is 1. The minimum Gasteiger partial charge on any atom is -0.486 e. The Balaban J connectivity index is 1.67. The van der Waals surface area contributed by atoms with Gasteiger partial charge in [0.25, 0.3) is 0 Å². The summed E-state index contributed by atoms with van der Waals surface area (Å²) in [5.41, 5.74) is 5.66. The van der Waals surface area contributed by atoms with Gasteiger partial charge in [-0.2, -0.15) is 0 Å². The van der Waals surface area contributed by atoms with Gasteiger partial charge in [0, 0.05) is 31.6 Å². The Morgan fingerprint density at radius 3 is 2.75 bits per heavy atom. The van der Waals surface area contributed by atoms with E-state index >= 15 is 0 Å². The number of carbonyl (C=O) groups excluding carboxylic acids is 1. The number of benzene rings is 1. The van der Waals surface area contributed by atoms with Crippen molar-refractivity contribution in [1.29, 1.82) is 0 Å². The molecule has 1 saturated heterocycles. The van der Waals surface area contributed by atoms with Crippen LogP contribution in [0.1, 0.15) is 19.3 Å². The normalized spacial score (nSPS) is 20.2. The molecule has 0 saturated carbocycles. The van der Waals surface area contributed by atoms with Crippen LogP contribution in [-0.4, -0.2) is 57.3 Å². The number of fused-ring (bicyclic) bond motifs is 1. The first-order valence-corrected chi connectivity index (χ1v) is 9.78. The molecule has 0 bridgehead atoms. The summed E-state index contributed by atoms with van der Waals surface area (Å²) in [4.78, 5) is 14.1. The lowest BCUT2D eigenvalue weighted by atomic mass is 10.2. The zero-order valence-electron chi connectivity index (χ0n) is 13.4. The lowest BCUT2D eigenvalue weighted by Crippen LogP contribution is -2.40. The third kappa shape index (κ3) is 3.49. The van der Waals surface area contributed by atoms with Crippen LogP contribution < -0.4 is 15.2 Å². The minimum atomic E-state index is -3.56. The molecule has 3 rings (SSSR count). The zero-order chi connectivity index (χ0) is 17.2. The van der Waals surface area contributed by atoms with E-state index in [1.165, 1.54) is 12.1 Å². The first-order chi connectivity index (χ1) is 11.5. The van der Waals surface area contributed by atoms with Gasteiger partial charge < -0.3 is 20.1 Å². The molecule has 0 aromatic heterocycles. The van der Waals surface area contributed by atoms with E-state index in [0.29, 0.717) is 37.8 Å². The molecule has 1 unspecified atom stereocenters. The Bertz CT molecular complexity index is 719. The van der Waals surface area contributed by atoms with E-state index in [9.17, 15) is 13.2 Å². The maximum atomic E-state index is 12.5. The summed E-state index contributed by atoms with van der Waals surface area (Å²) in [6, 6.07) is 4.59. The second-order valence-corrected chi connectivity index (χ2v) is 8.10. The molecule has 2 aliphatic heterocycles. The Kier molecular flexibility index (Phi) is 4.96. The molecule has 1 fully saturated rings. The average molecular weight is 354 g/mol. The highest BCUT2D eigenvalue weighted by Crippen LogP contribution is 2.32. The monoisotopic (exact) mass is 354 g/mol. The van der Waals surface area contributed by atoms with Crippen molar-refractivity contribution in [1.82, 2.24) is 4.90 Å². The second-order valence-electron chi connectivity index (χ2n) is 5.99. The number of sulfone groups is 1. The molecule has 2 heterocycles. The quantitative estimate of drug-likeness (QED) is 0.830. The number of hydrogen-bond acceptors (Lipinski definition) is 6. The molecule has 8 heteroatoms. The Hall–Kier alpha value is -1.80. The van der Waals surface area contributed by atoms with Gasteiger partial charge in [-0.05, 0) is 25.0 Å². The molecule has 1 amide bonds. The van der Waals surface area contributed by atoms with Crippen molar-refractivity contribution in [2.75, 3.05) is 32.1 Å². The third-order valence-electron chi connectivity index (χ3n) is 4.43. The van der Waals surface area contributed by atoms with Crippen LogP contribution >= 0.6 is 0 Å². The van der Waals surface area contributed by atoms with Gasteiger partial charge in [-0.25, -0.2) is 8.42 Å². The van der Waals surface area contributed by atoms with Gasteiger partial charge in [-0.15, -0.1) is 0 Å². The van der Waals surface area contributed by atoms with Crippen LogP contribution in [0, 0.1) is 0 Å². The maximum Gasteiger partial charge on any atom is 0.223 e. The number of likely N-dealkylation sites (tertiary alicyclic amines) is 1. The fourth-order valence-corrected chi connectivity index (χ4v) is 4.35. The number of amides is 1. The van der Waals surface area contributed by atoms with Crippen LogP contribution in [0.4, 0.5) is 0 Å². The smallest absolute Gasteiger partial charge is 0.223 e.